The molecule has 0 aliphatic carbocycles. The number of anilines is 1. The van der Waals surface area contributed by atoms with Gasteiger partial charge in [-0.3, -0.25) is 15.0 Å². The van der Waals surface area contributed by atoms with Gasteiger partial charge in [0.05, 0.1) is 3.92 Å². The Morgan fingerprint density at radius 1 is 1.44 bits per heavy atom. The maximum atomic E-state index is 12.0. The molecule has 2 unspecified atom stereocenters. The molecular formula is C12H14IN3O2. The first-order valence-corrected chi connectivity index (χ1v) is 6.87. The van der Waals surface area contributed by atoms with Gasteiger partial charge in [-0.1, -0.05) is 34.7 Å². The fourth-order valence-corrected chi connectivity index (χ4v) is 2.47. The van der Waals surface area contributed by atoms with Crippen molar-refractivity contribution in [1.82, 2.24) is 10.9 Å². The van der Waals surface area contributed by atoms with E-state index in [0.717, 1.165) is 6.54 Å². The highest BCUT2D eigenvalue weighted by molar-refractivity contribution is 14.1. The molecule has 96 valence electrons. The fraction of sp³-hybridized carbons (Fsp3) is 0.333. The van der Waals surface area contributed by atoms with E-state index >= 15 is 0 Å². The van der Waals surface area contributed by atoms with Crippen molar-refractivity contribution in [2.24, 2.45) is 0 Å². The number of hydrogen-bond acceptors (Lipinski definition) is 4. The molecule has 5 nitrogen and oxygen atoms in total. The Morgan fingerprint density at radius 3 is 2.83 bits per heavy atom. The van der Waals surface area contributed by atoms with Gasteiger partial charge < -0.3 is 5.32 Å². The minimum Gasteiger partial charge on any atom is -0.325 e. The quantitative estimate of drug-likeness (QED) is 0.430. The van der Waals surface area contributed by atoms with Crippen LogP contribution in [0, 0.1) is 0 Å². The molecule has 1 fully saturated rings. The van der Waals surface area contributed by atoms with Crippen molar-refractivity contribution in [3.8, 4) is 0 Å². The number of Topliss-reactive ketones (excluding diaryl/α,β-unsaturated/α-hetero) is 1. The van der Waals surface area contributed by atoms with E-state index in [-0.39, 0.29) is 21.7 Å². The van der Waals surface area contributed by atoms with Gasteiger partial charge >= 0.3 is 0 Å². The zero-order chi connectivity index (χ0) is 13.1. The Hall–Kier alpha value is -0.990. The zero-order valence-electron chi connectivity index (χ0n) is 9.87. The third kappa shape index (κ3) is 3.06. The minimum atomic E-state index is -0.258. The van der Waals surface area contributed by atoms with Gasteiger partial charge in [-0.25, -0.2) is 5.43 Å². The van der Waals surface area contributed by atoms with Crippen LogP contribution < -0.4 is 16.2 Å². The van der Waals surface area contributed by atoms with E-state index in [9.17, 15) is 9.59 Å². The number of amides is 1. The molecule has 0 radical (unpaired) electrons. The van der Waals surface area contributed by atoms with E-state index in [1.54, 1.807) is 24.3 Å². The van der Waals surface area contributed by atoms with Crippen LogP contribution >= 0.6 is 22.6 Å². The summed E-state index contributed by atoms with van der Waals surface area (Å²) in [7, 11) is 0. The van der Waals surface area contributed by atoms with Gasteiger partial charge in [0, 0.05) is 17.8 Å². The van der Waals surface area contributed by atoms with Crippen molar-refractivity contribution in [2.75, 3.05) is 11.9 Å². The van der Waals surface area contributed by atoms with E-state index in [2.05, 4.69) is 38.8 Å². The first-order valence-electron chi connectivity index (χ1n) is 5.62. The van der Waals surface area contributed by atoms with Crippen LogP contribution in [-0.2, 0) is 4.79 Å². The highest BCUT2D eigenvalue weighted by Gasteiger charge is 2.30. The van der Waals surface area contributed by atoms with Gasteiger partial charge in [0.1, 0.15) is 6.04 Å². The third-order valence-electron chi connectivity index (χ3n) is 2.74. The fourth-order valence-electron chi connectivity index (χ4n) is 1.74. The molecule has 2 atom stereocenters. The number of carbonyl (C=O) groups is 2. The topological polar surface area (TPSA) is 70.2 Å². The van der Waals surface area contributed by atoms with Crippen molar-refractivity contribution in [3.05, 3.63) is 29.8 Å². The molecule has 1 amide bonds. The Labute approximate surface area is 119 Å². The maximum absolute atomic E-state index is 12.0. The largest absolute Gasteiger partial charge is 0.325 e. The summed E-state index contributed by atoms with van der Waals surface area (Å²) in [4.78, 5) is 23.3. The highest BCUT2D eigenvalue weighted by Crippen LogP contribution is 2.15. The van der Waals surface area contributed by atoms with Crippen LogP contribution in [0.5, 0.6) is 0 Å². The number of halogens is 1. The van der Waals surface area contributed by atoms with Crippen molar-refractivity contribution in [3.63, 3.8) is 0 Å². The zero-order valence-corrected chi connectivity index (χ0v) is 12.0. The molecule has 3 N–H and O–H groups in total. The Bertz CT molecular complexity index is 478. The van der Waals surface area contributed by atoms with Crippen molar-refractivity contribution >= 4 is 40.0 Å². The lowest BCUT2D eigenvalue weighted by Crippen LogP contribution is -2.42. The summed E-state index contributed by atoms with van der Waals surface area (Å²) in [5.74, 6) is -0.112. The van der Waals surface area contributed by atoms with Gasteiger partial charge in [-0.05, 0) is 19.1 Å². The summed E-state index contributed by atoms with van der Waals surface area (Å²) >= 11 is 2.23. The lowest BCUT2D eigenvalue weighted by Gasteiger charge is -2.13. The lowest BCUT2D eigenvalue weighted by atomic mass is 10.1. The number of carbonyl (C=O) groups excluding carboxylic acids is 2. The normalized spacial score (nSPS) is 22.8. The van der Waals surface area contributed by atoms with Crippen LogP contribution in [0.2, 0.25) is 0 Å². The minimum absolute atomic E-state index is 0.0153. The molecule has 6 heteroatoms. The molecule has 0 aromatic heterocycles. The average molecular weight is 359 g/mol. The molecule has 0 saturated carbocycles. The van der Waals surface area contributed by atoms with Crippen LogP contribution in [0.3, 0.4) is 0 Å². The predicted molar refractivity (Wildman–Crippen MR) is 77.8 cm³/mol. The SMILES string of the molecule is CC(=O)c1cccc(NC(=O)C2NNCC2I)c1. The van der Waals surface area contributed by atoms with Gasteiger partial charge in [-0.2, -0.15) is 0 Å². The van der Waals surface area contributed by atoms with Crippen LogP contribution in [0.1, 0.15) is 17.3 Å². The van der Waals surface area contributed by atoms with Gasteiger partial charge in [-0.15, -0.1) is 0 Å². The number of rotatable bonds is 3. The van der Waals surface area contributed by atoms with Gasteiger partial charge in [0.25, 0.3) is 0 Å². The molecule has 0 spiro atoms. The number of ketones is 1. The first-order chi connectivity index (χ1) is 8.58. The molecule has 2 rings (SSSR count). The Kier molecular flexibility index (Phi) is 4.31. The standard InChI is InChI=1S/C12H14IN3O2/c1-7(17)8-3-2-4-9(5-8)15-12(18)11-10(13)6-14-16-11/h2-5,10-11,14,16H,6H2,1H3,(H,15,18). The second-order valence-corrected chi connectivity index (χ2v) is 5.75. The average Bonchev–Trinajstić information content (AvgIpc) is 2.76. The number of nitrogens with one attached hydrogen (secondary N) is 3. The second kappa shape index (κ2) is 5.77. The molecule has 1 heterocycles. The summed E-state index contributed by atoms with van der Waals surface area (Å²) in [5.41, 5.74) is 7.11. The van der Waals surface area contributed by atoms with Crippen molar-refractivity contribution in [2.45, 2.75) is 16.9 Å². The third-order valence-corrected chi connectivity index (χ3v) is 3.89. The van der Waals surface area contributed by atoms with Crippen LogP contribution in [0.25, 0.3) is 0 Å². The number of hydrogen-bond donors (Lipinski definition) is 3. The number of benzene rings is 1. The molecule has 18 heavy (non-hydrogen) atoms. The van der Waals surface area contributed by atoms with Crippen LogP contribution in [0.4, 0.5) is 5.69 Å². The predicted octanol–water partition coefficient (Wildman–Crippen LogP) is 1.11. The molecule has 1 aliphatic heterocycles. The summed E-state index contributed by atoms with van der Waals surface area (Å²) in [5, 5.41) is 2.81. The Balaban J connectivity index is 2.07. The van der Waals surface area contributed by atoms with E-state index in [4.69, 9.17) is 0 Å². The second-order valence-electron chi connectivity index (χ2n) is 4.15. The van der Waals surface area contributed by atoms with E-state index in [1.807, 2.05) is 0 Å². The molecular weight excluding hydrogens is 345 g/mol. The summed E-state index contributed by atoms with van der Waals surface area (Å²) in [6, 6.07) is 6.69. The Morgan fingerprint density at radius 2 is 2.22 bits per heavy atom. The summed E-state index contributed by atoms with van der Waals surface area (Å²) < 4.78 is 0.207. The first kappa shape index (κ1) is 13.4. The van der Waals surface area contributed by atoms with Crippen molar-refractivity contribution in [1.29, 1.82) is 0 Å². The van der Waals surface area contributed by atoms with Gasteiger partial charge in [0.15, 0.2) is 5.78 Å². The molecule has 1 aromatic carbocycles. The van der Waals surface area contributed by atoms with E-state index in [0.29, 0.717) is 11.3 Å². The molecule has 1 aromatic rings. The lowest BCUT2D eigenvalue weighted by molar-refractivity contribution is -0.117. The number of hydrazine groups is 1. The molecule has 0 bridgehead atoms. The van der Waals surface area contributed by atoms with Crippen molar-refractivity contribution < 1.29 is 9.59 Å². The highest BCUT2D eigenvalue weighted by atomic mass is 127. The summed E-state index contributed by atoms with van der Waals surface area (Å²) in [6.45, 7) is 2.26. The molecule has 1 aliphatic rings. The van der Waals surface area contributed by atoms with Gasteiger partial charge in [0.2, 0.25) is 5.91 Å². The number of alkyl halides is 1. The maximum Gasteiger partial charge on any atom is 0.244 e. The monoisotopic (exact) mass is 359 g/mol. The van der Waals surface area contributed by atoms with Crippen LogP contribution in [0.15, 0.2) is 24.3 Å². The van der Waals surface area contributed by atoms with Crippen LogP contribution in [-0.4, -0.2) is 28.2 Å². The summed E-state index contributed by atoms with van der Waals surface area (Å²) in [6.07, 6.45) is 0. The van der Waals surface area contributed by atoms with E-state index in [1.165, 1.54) is 6.92 Å². The smallest absolute Gasteiger partial charge is 0.244 e. The molecule has 1 saturated heterocycles. The van der Waals surface area contributed by atoms with E-state index < -0.39 is 0 Å².